The molecule has 0 unspecified atom stereocenters. The van der Waals surface area contributed by atoms with E-state index in [-0.39, 0.29) is 5.97 Å². The first-order valence-corrected chi connectivity index (χ1v) is 9.64. The van der Waals surface area contributed by atoms with Crippen molar-refractivity contribution in [1.82, 2.24) is 0 Å². The minimum atomic E-state index is -0.286. The molecule has 126 valence electrons. The number of ether oxygens (including phenoxy) is 1. The highest BCUT2D eigenvalue weighted by atomic mass is 32.2. The summed E-state index contributed by atoms with van der Waals surface area (Å²) in [5, 5.41) is 0. The van der Waals surface area contributed by atoms with Crippen LogP contribution in [0.4, 0.5) is 0 Å². The number of carbonyl (C=O) groups is 1. The van der Waals surface area contributed by atoms with Gasteiger partial charge >= 0.3 is 5.97 Å². The Kier molecular flexibility index (Phi) is 11.0. The molecule has 0 bridgehead atoms. The van der Waals surface area contributed by atoms with Crippen LogP contribution in [0.5, 0.6) is 0 Å². The number of thioether (sulfide) groups is 1. The molecular formula is C18H30O3S. The number of furan rings is 1. The summed E-state index contributed by atoms with van der Waals surface area (Å²) in [6, 6.07) is 0. The van der Waals surface area contributed by atoms with Crippen molar-refractivity contribution < 1.29 is 13.9 Å². The number of rotatable bonds is 13. The van der Waals surface area contributed by atoms with Crippen molar-refractivity contribution in [2.45, 2.75) is 76.5 Å². The van der Waals surface area contributed by atoms with Crippen LogP contribution in [0.25, 0.3) is 0 Å². The van der Waals surface area contributed by atoms with Gasteiger partial charge in [-0.1, -0.05) is 58.3 Å². The lowest BCUT2D eigenvalue weighted by Gasteiger charge is -2.03. The van der Waals surface area contributed by atoms with Crippen LogP contribution in [0.15, 0.2) is 21.8 Å². The topological polar surface area (TPSA) is 39.4 Å². The van der Waals surface area contributed by atoms with Gasteiger partial charge in [-0.25, -0.2) is 4.79 Å². The second-order valence-electron chi connectivity index (χ2n) is 5.55. The maximum atomic E-state index is 11.7. The summed E-state index contributed by atoms with van der Waals surface area (Å²) < 4.78 is 10.1. The Morgan fingerprint density at radius 3 is 2.27 bits per heavy atom. The second kappa shape index (κ2) is 12.6. The van der Waals surface area contributed by atoms with Gasteiger partial charge in [0.2, 0.25) is 0 Å². The van der Waals surface area contributed by atoms with Gasteiger partial charge in [0.15, 0.2) is 0 Å². The molecule has 1 heterocycles. The molecule has 0 aromatic carbocycles. The van der Waals surface area contributed by atoms with Gasteiger partial charge in [-0.2, -0.15) is 0 Å². The van der Waals surface area contributed by atoms with E-state index >= 15 is 0 Å². The van der Waals surface area contributed by atoms with Crippen molar-refractivity contribution in [3.63, 3.8) is 0 Å². The molecule has 0 saturated heterocycles. The van der Waals surface area contributed by atoms with E-state index in [9.17, 15) is 4.79 Å². The average molecular weight is 327 g/mol. The minimum absolute atomic E-state index is 0.286. The molecule has 1 aromatic heterocycles. The van der Waals surface area contributed by atoms with Crippen LogP contribution < -0.4 is 0 Å². The number of carbonyl (C=O) groups excluding carboxylic acids is 1. The minimum Gasteiger partial charge on any atom is -0.470 e. The van der Waals surface area contributed by atoms with Crippen LogP contribution in [0.1, 0.15) is 82.0 Å². The summed E-state index contributed by atoms with van der Waals surface area (Å²) in [4.78, 5) is 12.6. The van der Waals surface area contributed by atoms with Gasteiger partial charge in [0.25, 0.3) is 0 Å². The highest BCUT2D eigenvalue weighted by molar-refractivity contribution is 7.99. The maximum absolute atomic E-state index is 11.7. The fourth-order valence-electron chi connectivity index (χ4n) is 2.35. The summed E-state index contributed by atoms with van der Waals surface area (Å²) >= 11 is 1.69. The van der Waals surface area contributed by atoms with E-state index in [1.54, 1.807) is 18.0 Å². The Bertz CT molecular complexity index is 401. The zero-order chi connectivity index (χ0) is 16.0. The van der Waals surface area contributed by atoms with E-state index in [0.29, 0.717) is 12.2 Å². The highest BCUT2D eigenvalue weighted by Crippen LogP contribution is 2.26. The number of hydrogen-bond donors (Lipinski definition) is 0. The molecule has 0 aliphatic carbocycles. The molecule has 0 N–H and O–H groups in total. The van der Waals surface area contributed by atoms with Crippen LogP contribution in [0.2, 0.25) is 0 Å². The number of esters is 1. The van der Waals surface area contributed by atoms with Crippen molar-refractivity contribution in [2.24, 2.45) is 0 Å². The molecule has 0 spiro atoms. The van der Waals surface area contributed by atoms with E-state index < -0.39 is 0 Å². The van der Waals surface area contributed by atoms with Gasteiger partial charge < -0.3 is 9.15 Å². The second-order valence-corrected chi connectivity index (χ2v) is 6.68. The smallest absolute Gasteiger partial charge is 0.342 e. The zero-order valence-electron chi connectivity index (χ0n) is 14.1. The quantitative estimate of drug-likeness (QED) is 0.250. The van der Waals surface area contributed by atoms with E-state index in [2.05, 4.69) is 6.92 Å². The first-order valence-electron chi connectivity index (χ1n) is 8.65. The highest BCUT2D eigenvalue weighted by Gasteiger charge is 2.15. The van der Waals surface area contributed by atoms with Crippen molar-refractivity contribution in [2.75, 3.05) is 12.4 Å². The third-order valence-corrected chi connectivity index (χ3v) is 4.75. The van der Waals surface area contributed by atoms with Gasteiger partial charge in [0.1, 0.15) is 18.1 Å². The van der Waals surface area contributed by atoms with Crippen molar-refractivity contribution in [3.8, 4) is 0 Å². The zero-order valence-corrected chi connectivity index (χ0v) is 14.9. The van der Waals surface area contributed by atoms with Crippen LogP contribution in [0.3, 0.4) is 0 Å². The SMILES string of the molecule is CCCCCCCCCCCSc1cocc1C(=O)OCC. The molecule has 3 nitrogen and oxygen atoms in total. The predicted octanol–water partition coefficient (Wildman–Crippen LogP) is 6.08. The average Bonchev–Trinajstić information content (AvgIpc) is 2.98. The Morgan fingerprint density at radius 1 is 1.00 bits per heavy atom. The normalized spacial score (nSPS) is 10.8. The third kappa shape index (κ3) is 7.92. The van der Waals surface area contributed by atoms with Crippen molar-refractivity contribution in [3.05, 3.63) is 18.1 Å². The van der Waals surface area contributed by atoms with Gasteiger partial charge in [-0.15, -0.1) is 11.8 Å². The van der Waals surface area contributed by atoms with Crippen LogP contribution >= 0.6 is 11.8 Å². The Balaban J connectivity index is 2.05. The van der Waals surface area contributed by atoms with Gasteiger partial charge in [-0.3, -0.25) is 0 Å². The molecule has 0 radical (unpaired) electrons. The predicted molar refractivity (Wildman–Crippen MR) is 92.6 cm³/mol. The molecule has 4 heteroatoms. The maximum Gasteiger partial charge on any atom is 0.342 e. The molecule has 0 atom stereocenters. The molecule has 0 aliphatic rings. The lowest BCUT2D eigenvalue weighted by Crippen LogP contribution is -2.04. The van der Waals surface area contributed by atoms with E-state index in [1.165, 1.54) is 64.1 Å². The van der Waals surface area contributed by atoms with E-state index in [4.69, 9.17) is 9.15 Å². The number of unbranched alkanes of at least 4 members (excludes halogenated alkanes) is 8. The monoisotopic (exact) mass is 326 g/mol. The Morgan fingerprint density at radius 2 is 1.64 bits per heavy atom. The fraction of sp³-hybridized carbons (Fsp3) is 0.722. The van der Waals surface area contributed by atoms with Crippen molar-refractivity contribution >= 4 is 17.7 Å². The van der Waals surface area contributed by atoms with Gasteiger partial charge in [-0.05, 0) is 19.1 Å². The summed E-state index contributed by atoms with van der Waals surface area (Å²) in [5.41, 5.74) is 0.558. The van der Waals surface area contributed by atoms with Crippen LogP contribution in [-0.2, 0) is 4.74 Å². The molecule has 0 fully saturated rings. The molecule has 1 aromatic rings. The molecule has 0 amide bonds. The van der Waals surface area contributed by atoms with Crippen molar-refractivity contribution in [1.29, 1.82) is 0 Å². The van der Waals surface area contributed by atoms with Gasteiger partial charge in [0.05, 0.1) is 11.5 Å². The lowest BCUT2D eigenvalue weighted by atomic mass is 10.1. The number of hydrogen-bond acceptors (Lipinski definition) is 4. The van der Waals surface area contributed by atoms with Crippen LogP contribution in [0, 0.1) is 0 Å². The molecule has 0 saturated carbocycles. The Hall–Kier alpha value is -0.900. The molecule has 0 aliphatic heterocycles. The molecule has 1 rings (SSSR count). The summed E-state index contributed by atoms with van der Waals surface area (Å²) in [6.07, 6.45) is 15.1. The fourth-order valence-corrected chi connectivity index (χ4v) is 3.33. The van der Waals surface area contributed by atoms with Crippen LogP contribution in [-0.4, -0.2) is 18.3 Å². The lowest BCUT2D eigenvalue weighted by molar-refractivity contribution is 0.0522. The summed E-state index contributed by atoms with van der Waals surface area (Å²) in [6.45, 7) is 4.46. The first kappa shape index (κ1) is 19.1. The molecular weight excluding hydrogens is 296 g/mol. The largest absolute Gasteiger partial charge is 0.470 e. The molecule has 22 heavy (non-hydrogen) atoms. The summed E-state index contributed by atoms with van der Waals surface area (Å²) in [7, 11) is 0. The Labute approximate surface area is 139 Å². The van der Waals surface area contributed by atoms with E-state index in [1.807, 2.05) is 6.92 Å². The standard InChI is InChI=1S/C18H30O3S/c1-3-5-6-7-8-9-10-11-12-13-22-17-15-20-14-16(17)18(19)21-4-2/h14-15H,3-13H2,1-2H3. The van der Waals surface area contributed by atoms with E-state index in [0.717, 1.165) is 10.6 Å². The van der Waals surface area contributed by atoms with Gasteiger partial charge in [0, 0.05) is 0 Å². The summed E-state index contributed by atoms with van der Waals surface area (Å²) in [5.74, 6) is 0.743. The first-order chi connectivity index (χ1) is 10.8. The third-order valence-electron chi connectivity index (χ3n) is 3.63.